The lowest BCUT2D eigenvalue weighted by Gasteiger charge is -2.13. The molecule has 1 aromatic heterocycles. The maximum absolute atomic E-state index is 11.7. The van der Waals surface area contributed by atoms with E-state index in [0.717, 1.165) is 23.0 Å². The summed E-state index contributed by atoms with van der Waals surface area (Å²) < 4.78 is 5.61. The predicted molar refractivity (Wildman–Crippen MR) is 79.9 cm³/mol. The van der Waals surface area contributed by atoms with Crippen LogP contribution in [-0.4, -0.2) is 23.5 Å². The molecule has 0 aliphatic carbocycles. The first kappa shape index (κ1) is 14.3. The molecule has 0 saturated carbocycles. The van der Waals surface area contributed by atoms with Crippen LogP contribution in [-0.2, 0) is 4.79 Å². The van der Waals surface area contributed by atoms with Gasteiger partial charge in [-0.05, 0) is 32.4 Å². The minimum absolute atomic E-state index is 0.0130. The summed E-state index contributed by atoms with van der Waals surface area (Å²) in [6.45, 7) is 5.95. The Morgan fingerprint density at radius 1 is 1.35 bits per heavy atom. The zero-order valence-electron chi connectivity index (χ0n) is 12.1. The van der Waals surface area contributed by atoms with Crippen molar-refractivity contribution in [3.05, 3.63) is 36.0 Å². The number of aromatic nitrogens is 1. The van der Waals surface area contributed by atoms with Crippen LogP contribution in [0.5, 0.6) is 5.75 Å². The fourth-order valence-electron chi connectivity index (χ4n) is 1.90. The summed E-state index contributed by atoms with van der Waals surface area (Å²) in [5, 5.41) is 3.88. The van der Waals surface area contributed by atoms with Crippen molar-refractivity contribution in [3.8, 4) is 5.75 Å². The summed E-state index contributed by atoms with van der Waals surface area (Å²) in [5.74, 6) is 0.537. The average molecular weight is 272 g/mol. The van der Waals surface area contributed by atoms with E-state index in [2.05, 4.69) is 10.3 Å². The maximum atomic E-state index is 11.7. The van der Waals surface area contributed by atoms with E-state index in [4.69, 9.17) is 4.74 Å². The molecule has 0 aliphatic heterocycles. The molecule has 1 aromatic carbocycles. The molecule has 106 valence electrons. The van der Waals surface area contributed by atoms with Crippen molar-refractivity contribution < 1.29 is 9.53 Å². The third kappa shape index (κ3) is 3.47. The Kier molecular flexibility index (Phi) is 4.56. The second-order valence-electron chi connectivity index (χ2n) is 4.95. The van der Waals surface area contributed by atoms with Crippen LogP contribution in [0.2, 0.25) is 0 Å². The number of carbonyl (C=O) groups is 1. The fourth-order valence-corrected chi connectivity index (χ4v) is 1.90. The summed E-state index contributed by atoms with van der Waals surface area (Å²) in [6, 6.07) is 9.85. The number of fused-ring (bicyclic) bond motifs is 1. The van der Waals surface area contributed by atoms with Gasteiger partial charge in [0.2, 0.25) is 0 Å². The van der Waals surface area contributed by atoms with E-state index in [1.807, 2.05) is 51.1 Å². The monoisotopic (exact) mass is 272 g/mol. The molecule has 1 atom stereocenters. The van der Waals surface area contributed by atoms with E-state index in [9.17, 15) is 4.79 Å². The smallest absolute Gasteiger partial charge is 0.258 e. The van der Waals surface area contributed by atoms with Crippen LogP contribution in [0, 0.1) is 6.92 Å². The molecule has 0 unspecified atom stereocenters. The van der Waals surface area contributed by atoms with Gasteiger partial charge in [-0.2, -0.15) is 0 Å². The third-order valence-corrected chi connectivity index (χ3v) is 3.20. The molecule has 0 saturated heterocycles. The van der Waals surface area contributed by atoms with Gasteiger partial charge < -0.3 is 10.1 Å². The summed E-state index contributed by atoms with van der Waals surface area (Å²) in [5.41, 5.74) is 1.72. The van der Waals surface area contributed by atoms with Gasteiger partial charge in [-0.15, -0.1) is 0 Å². The zero-order chi connectivity index (χ0) is 14.5. The minimum Gasteiger partial charge on any atom is -0.481 e. The predicted octanol–water partition coefficient (Wildman–Crippen LogP) is 2.84. The number of aryl methyl sites for hydroxylation is 1. The van der Waals surface area contributed by atoms with Crippen LogP contribution in [0.4, 0.5) is 0 Å². The quantitative estimate of drug-likeness (QED) is 0.910. The van der Waals surface area contributed by atoms with Gasteiger partial charge in [-0.3, -0.25) is 4.79 Å². The summed E-state index contributed by atoms with van der Waals surface area (Å²) in [6.07, 6.45) is 0.904. The number of nitrogens with zero attached hydrogens (tertiary/aromatic N) is 1. The van der Waals surface area contributed by atoms with Crippen molar-refractivity contribution in [2.24, 2.45) is 0 Å². The second kappa shape index (κ2) is 6.37. The lowest BCUT2D eigenvalue weighted by Crippen LogP contribution is -2.35. The number of nitrogens with one attached hydrogen (secondary N) is 1. The van der Waals surface area contributed by atoms with Crippen molar-refractivity contribution in [2.75, 3.05) is 6.61 Å². The van der Waals surface area contributed by atoms with Crippen LogP contribution in [0.25, 0.3) is 10.9 Å². The first-order chi connectivity index (χ1) is 9.60. The van der Waals surface area contributed by atoms with Crippen LogP contribution < -0.4 is 10.1 Å². The molecular weight excluding hydrogens is 252 g/mol. The van der Waals surface area contributed by atoms with Gasteiger partial charge in [0.15, 0.2) is 6.61 Å². The number of para-hydroxylation sites is 1. The highest BCUT2D eigenvalue weighted by Gasteiger charge is 2.08. The van der Waals surface area contributed by atoms with Crippen LogP contribution in [0.1, 0.15) is 26.0 Å². The van der Waals surface area contributed by atoms with Crippen molar-refractivity contribution >= 4 is 16.8 Å². The molecule has 0 fully saturated rings. The SMILES string of the molecule is CC[C@@H](C)NC(=O)COc1cccc2ccc(C)nc12. The van der Waals surface area contributed by atoms with E-state index in [-0.39, 0.29) is 18.6 Å². The van der Waals surface area contributed by atoms with E-state index >= 15 is 0 Å². The van der Waals surface area contributed by atoms with Crippen LogP contribution in [0.3, 0.4) is 0 Å². The fraction of sp³-hybridized carbons (Fsp3) is 0.375. The molecule has 2 rings (SSSR count). The molecular formula is C16H20N2O2. The number of ether oxygens (including phenoxy) is 1. The molecule has 4 nitrogen and oxygen atoms in total. The van der Waals surface area contributed by atoms with E-state index in [1.165, 1.54) is 0 Å². The molecule has 4 heteroatoms. The standard InChI is InChI=1S/C16H20N2O2/c1-4-11(2)17-15(19)10-20-14-7-5-6-13-9-8-12(3)18-16(13)14/h5-9,11H,4,10H2,1-3H3,(H,17,19)/t11-/m1/s1. The van der Waals surface area contributed by atoms with Gasteiger partial charge >= 0.3 is 0 Å². The highest BCUT2D eigenvalue weighted by Crippen LogP contribution is 2.23. The molecule has 0 bridgehead atoms. The number of carbonyl (C=O) groups excluding carboxylic acids is 1. The van der Waals surface area contributed by atoms with E-state index < -0.39 is 0 Å². The zero-order valence-corrected chi connectivity index (χ0v) is 12.1. The Bertz CT molecular complexity index is 610. The van der Waals surface area contributed by atoms with Gasteiger partial charge in [0, 0.05) is 17.1 Å². The Morgan fingerprint density at radius 2 is 2.15 bits per heavy atom. The van der Waals surface area contributed by atoms with Gasteiger partial charge in [0.05, 0.1) is 0 Å². The first-order valence-electron chi connectivity index (χ1n) is 6.88. The normalized spacial score (nSPS) is 12.2. The third-order valence-electron chi connectivity index (χ3n) is 3.20. The van der Waals surface area contributed by atoms with Crippen molar-refractivity contribution in [1.82, 2.24) is 10.3 Å². The highest BCUT2D eigenvalue weighted by atomic mass is 16.5. The summed E-state index contributed by atoms with van der Waals surface area (Å²) >= 11 is 0. The van der Waals surface area contributed by atoms with Crippen LogP contribution in [0.15, 0.2) is 30.3 Å². The molecule has 1 amide bonds. The summed E-state index contributed by atoms with van der Waals surface area (Å²) in [7, 11) is 0. The maximum Gasteiger partial charge on any atom is 0.258 e. The van der Waals surface area contributed by atoms with E-state index in [0.29, 0.717) is 5.75 Å². The Morgan fingerprint density at radius 3 is 2.90 bits per heavy atom. The second-order valence-corrected chi connectivity index (χ2v) is 4.95. The lowest BCUT2D eigenvalue weighted by molar-refractivity contribution is -0.123. The Balaban J connectivity index is 2.10. The molecule has 2 aromatic rings. The van der Waals surface area contributed by atoms with Gasteiger partial charge in [-0.1, -0.05) is 25.1 Å². The molecule has 0 radical (unpaired) electrons. The Hall–Kier alpha value is -2.10. The van der Waals surface area contributed by atoms with E-state index in [1.54, 1.807) is 0 Å². The molecule has 1 N–H and O–H groups in total. The number of amides is 1. The van der Waals surface area contributed by atoms with Crippen molar-refractivity contribution in [1.29, 1.82) is 0 Å². The Labute approximate surface area is 119 Å². The average Bonchev–Trinajstić information content (AvgIpc) is 2.44. The van der Waals surface area contributed by atoms with Crippen LogP contribution >= 0.6 is 0 Å². The number of hydrogen-bond acceptors (Lipinski definition) is 3. The van der Waals surface area contributed by atoms with Crippen molar-refractivity contribution in [3.63, 3.8) is 0 Å². The first-order valence-corrected chi connectivity index (χ1v) is 6.88. The molecule has 0 aliphatic rings. The molecule has 1 heterocycles. The molecule has 0 spiro atoms. The topological polar surface area (TPSA) is 51.2 Å². The minimum atomic E-state index is -0.107. The highest BCUT2D eigenvalue weighted by molar-refractivity contribution is 5.85. The van der Waals surface area contributed by atoms with Crippen molar-refractivity contribution in [2.45, 2.75) is 33.2 Å². The number of pyridine rings is 1. The number of hydrogen-bond donors (Lipinski definition) is 1. The number of rotatable bonds is 5. The van der Waals surface area contributed by atoms with Gasteiger partial charge in [0.1, 0.15) is 11.3 Å². The van der Waals surface area contributed by atoms with Gasteiger partial charge in [0.25, 0.3) is 5.91 Å². The van der Waals surface area contributed by atoms with Gasteiger partial charge in [-0.25, -0.2) is 4.98 Å². The largest absolute Gasteiger partial charge is 0.481 e. The lowest BCUT2D eigenvalue weighted by atomic mass is 10.2. The molecule has 20 heavy (non-hydrogen) atoms. The number of benzene rings is 1. The summed E-state index contributed by atoms with van der Waals surface area (Å²) in [4.78, 5) is 16.2.